The maximum absolute atomic E-state index is 14.6. The van der Waals surface area contributed by atoms with Crippen LogP contribution in [0.5, 0.6) is 5.88 Å². The van der Waals surface area contributed by atoms with E-state index in [1.807, 2.05) is 0 Å². The highest BCUT2D eigenvalue weighted by molar-refractivity contribution is 5.89. The van der Waals surface area contributed by atoms with Gasteiger partial charge in [0, 0.05) is 23.7 Å². The van der Waals surface area contributed by atoms with E-state index in [2.05, 4.69) is 15.3 Å². The smallest absolute Gasteiger partial charge is 0.391 e. The summed E-state index contributed by atoms with van der Waals surface area (Å²) in [5, 5.41) is 2.50. The van der Waals surface area contributed by atoms with Crippen LogP contribution in [0.1, 0.15) is 32.8 Å². The van der Waals surface area contributed by atoms with E-state index in [0.717, 1.165) is 12.3 Å². The number of amidine groups is 1. The Balaban J connectivity index is 1.83. The molecule has 1 aliphatic rings. The van der Waals surface area contributed by atoms with Gasteiger partial charge >= 0.3 is 6.09 Å². The Morgan fingerprint density at radius 1 is 1.24 bits per heavy atom. The van der Waals surface area contributed by atoms with Crippen LogP contribution in [0.4, 0.5) is 19.3 Å². The van der Waals surface area contributed by atoms with E-state index in [0.29, 0.717) is 18.7 Å². The molecule has 3 rings (SSSR count). The summed E-state index contributed by atoms with van der Waals surface area (Å²) in [6.07, 6.45) is 0.485. The summed E-state index contributed by atoms with van der Waals surface area (Å²) >= 11 is 0. The number of hydrogen-bond donors (Lipinski definition) is 2. The number of nitrogens with zero attached hydrogens (tertiary/aromatic N) is 2. The minimum absolute atomic E-state index is 0.0706. The Labute approximate surface area is 166 Å². The first-order chi connectivity index (χ1) is 13.6. The largest absolute Gasteiger partial charge is 0.418 e. The molecule has 2 heterocycles. The van der Waals surface area contributed by atoms with Crippen molar-refractivity contribution in [2.45, 2.75) is 38.3 Å². The maximum Gasteiger partial charge on any atom is 0.418 e. The Morgan fingerprint density at radius 2 is 2.00 bits per heavy atom. The first-order valence-corrected chi connectivity index (χ1v) is 8.99. The number of aromatic nitrogens is 1. The van der Waals surface area contributed by atoms with Gasteiger partial charge in [-0.15, -0.1) is 0 Å². The molecule has 0 fully saturated rings. The van der Waals surface area contributed by atoms with E-state index < -0.39 is 28.9 Å². The number of carbonyl (C=O) groups excluding carboxylic acids is 1. The fraction of sp³-hybridized carbons (Fsp3) is 0.350. The summed E-state index contributed by atoms with van der Waals surface area (Å²) in [6.45, 7) is 5.69. The summed E-state index contributed by atoms with van der Waals surface area (Å²) in [7, 11) is 0. The van der Waals surface area contributed by atoms with E-state index in [1.165, 1.54) is 24.3 Å². The molecule has 0 bridgehead atoms. The second-order valence-corrected chi connectivity index (χ2v) is 7.40. The Kier molecular flexibility index (Phi) is 5.52. The molecule has 1 aliphatic heterocycles. The van der Waals surface area contributed by atoms with Gasteiger partial charge in [-0.1, -0.05) is 0 Å². The van der Waals surface area contributed by atoms with Gasteiger partial charge in [0.15, 0.2) is 0 Å². The molecule has 0 spiro atoms. The number of carbonyl (C=O) groups is 1. The van der Waals surface area contributed by atoms with Crippen molar-refractivity contribution in [1.29, 1.82) is 0 Å². The monoisotopic (exact) mass is 404 g/mol. The van der Waals surface area contributed by atoms with Gasteiger partial charge in [-0.2, -0.15) is 0 Å². The van der Waals surface area contributed by atoms with Crippen molar-refractivity contribution in [2.75, 3.05) is 11.9 Å². The molecule has 1 unspecified atom stereocenters. The first-order valence-electron chi connectivity index (χ1n) is 8.99. The van der Waals surface area contributed by atoms with Crippen LogP contribution in [-0.4, -0.2) is 29.1 Å². The number of benzene rings is 1. The lowest BCUT2D eigenvalue weighted by Crippen LogP contribution is -2.40. The van der Waals surface area contributed by atoms with E-state index in [4.69, 9.17) is 15.2 Å². The predicted octanol–water partition coefficient (Wildman–Crippen LogP) is 3.74. The normalized spacial score (nSPS) is 21.1. The van der Waals surface area contributed by atoms with Crippen molar-refractivity contribution in [3.8, 4) is 5.88 Å². The van der Waals surface area contributed by atoms with E-state index in [9.17, 15) is 13.6 Å². The number of aliphatic imine (C=N–C) groups is 1. The average Bonchev–Trinajstić information content (AvgIpc) is 2.74. The Bertz CT molecular complexity index is 947. The van der Waals surface area contributed by atoms with Gasteiger partial charge in [-0.25, -0.2) is 18.6 Å². The maximum atomic E-state index is 14.6. The van der Waals surface area contributed by atoms with Gasteiger partial charge in [0.25, 0.3) is 0 Å². The molecule has 2 aromatic rings. The number of ether oxygens (including phenoxy) is 2. The van der Waals surface area contributed by atoms with Crippen LogP contribution in [-0.2, 0) is 10.3 Å². The molecule has 7 nitrogen and oxygen atoms in total. The van der Waals surface area contributed by atoms with Gasteiger partial charge < -0.3 is 15.2 Å². The zero-order valence-corrected chi connectivity index (χ0v) is 16.3. The molecule has 1 atom stereocenters. The average molecular weight is 404 g/mol. The third kappa shape index (κ3) is 4.68. The predicted molar refractivity (Wildman–Crippen MR) is 104 cm³/mol. The van der Waals surface area contributed by atoms with Gasteiger partial charge in [0.05, 0.1) is 18.3 Å². The Hall–Kier alpha value is -3.07. The summed E-state index contributed by atoms with van der Waals surface area (Å²) < 4.78 is 38.2. The third-order valence-electron chi connectivity index (χ3n) is 4.73. The van der Waals surface area contributed by atoms with Crippen LogP contribution in [0.25, 0.3) is 0 Å². The molecule has 29 heavy (non-hydrogen) atoms. The van der Waals surface area contributed by atoms with Crippen LogP contribution in [0, 0.1) is 11.6 Å². The zero-order valence-electron chi connectivity index (χ0n) is 16.3. The molecule has 0 aliphatic carbocycles. The molecule has 1 amide bonds. The standard InChI is InChI=1S/C20H22F2N4O3/c1-19(2)17(23)26-20(3,8-9-28-19)14-10-13(5-6-15(14)22)25-18(27)29-16-7-4-12(21)11-24-16/h4-7,10-11H,8-9H2,1-3H3,(H2,23,26)(H,25,27). The molecule has 0 saturated heterocycles. The lowest BCUT2D eigenvalue weighted by molar-refractivity contribution is 0.0319. The molecule has 3 N–H and O–H groups in total. The van der Waals surface area contributed by atoms with E-state index >= 15 is 0 Å². The topological polar surface area (TPSA) is 98.8 Å². The van der Waals surface area contributed by atoms with Crippen molar-refractivity contribution >= 4 is 17.6 Å². The van der Waals surface area contributed by atoms with Crippen LogP contribution >= 0.6 is 0 Å². The van der Waals surface area contributed by atoms with Crippen molar-refractivity contribution in [3.63, 3.8) is 0 Å². The fourth-order valence-electron chi connectivity index (χ4n) is 2.91. The second-order valence-electron chi connectivity index (χ2n) is 7.40. The summed E-state index contributed by atoms with van der Waals surface area (Å²) in [6, 6.07) is 6.44. The van der Waals surface area contributed by atoms with Crippen molar-refractivity contribution in [2.24, 2.45) is 10.7 Å². The summed E-state index contributed by atoms with van der Waals surface area (Å²) in [5.74, 6) is -0.844. The number of nitrogens with one attached hydrogen (secondary N) is 1. The molecule has 154 valence electrons. The second kappa shape index (κ2) is 7.75. The lowest BCUT2D eigenvalue weighted by atomic mass is 9.88. The van der Waals surface area contributed by atoms with Crippen LogP contribution in [0.2, 0.25) is 0 Å². The SMILES string of the molecule is CC1(C)OCCC(C)(c2cc(NC(=O)Oc3ccc(F)cn3)ccc2F)N=C1N. The highest BCUT2D eigenvalue weighted by Gasteiger charge is 2.36. The molecule has 0 radical (unpaired) electrons. The molecular formula is C20H22F2N4O3. The van der Waals surface area contributed by atoms with E-state index in [1.54, 1.807) is 20.8 Å². The van der Waals surface area contributed by atoms with Gasteiger partial charge in [0.1, 0.15) is 23.1 Å². The van der Waals surface area contributed by atoms with Crippen LogP contribution in [0.15, 0.2) is 41.5 Å². The van der Waals surface area contributed by atoms with E-state index in [-0.39, 0.29) is 17.3 Å². The van der Waals surface area contributed by atoms with Crippen molar-refractivity contribution in [3.05, 3.63) is 53.7 Å². The highest BCUT2D eigenvalue weighted by Crippen LogP contribution is 2.36. The minimum Gasteiger partial charge on any atom is -0.391 e. The summed E-state index contributed by atoms with van der Waals surface area (Å²) in [4.78, 5) is 20.3. The van der Waals surface area contributed by atoms with Crippen molar-refractivity contribution in [1.82, 2.24) is 4.98 Å². The highest BCUT2D eigenvalue weighted by atomic mass is 19.1. The quantitative estimate of drug-likeness (QED) is 0.812. The van der Waals surface area contributed by atoms with Gasteiger partial charge in [-0.3, -0.25) is 10.3 Å². The van der Waals surface area contributed by atoms with Crippen molar-refractivity contribution < 1.29 is 23.0 Å². The number of pyridine rings is 1. The number of anilines is 1. The fourth-order valence-corrected chi connectivity index (χ4v) is 2.91. The molecule has 9 heteroatoms. The Morgan fingerprint density at radius 3 is 2.69 bits per heavy atom. The summed E-state index contributed by atoms with van der Waals surface area (Å²) in [5.41, 5.74) is 4.91. The first kappa shape index (κ1) is 20.7. The van der Waals surface area contributed by atoms with Gasteiger partial charge in [-0.05, 0) is 45.0 Å². The molecule has 1 aromatic carbocycles. The number of halogens is 2. The molecule has 1 aromatic heterocycles. The van der Waals surface area contributed by atoms with Crippen LogP contribution < -0.4 is 15.8 Å². The van der Waals surface area contributed by atoms with Gasteiger partial charge in [0.2, 0.25) is 5.88 Å². The number of nitrogens with two attached hydrogens (primary N) is 1. The number of hydrogen-bond acceptors (Lipinski definition) is 6. The minimum atomic E-state index is -0.970. The molecular weight excluding hydrogens is 382 g/mol. The lowest BCUT2D eigenvalue weighted by Gasteiger charge is -2.26. The zero-order chi connectivity index (χ0) is 21.2. The molecule has 0 saturated carbocycles. The number of rotatable bonds is 3. The third-order valence-corrected chi connectivity index (χ3v) is 4.73. The van der Waals surface area contributed by atoms with Crippen LogP contribution in [0.3, 0.4) is 0 Å². The number of amides is 1.